The summed E-state index contributed by atoms with van der Waals surface area (Å²) in [5, 5.41) is 10.7. The molecule has 0 amide bonds. The molecule has 1 heterocycles. The summed E-state index contributed by atoms with van der Waals surface area (Å²) in [6.45, 7) is 0. The highest BCUT2D eigenvalue weighted by Gasteiger charge is 2.30. The molecule has 92 valence electrons. The minimum atomic E-state index is -3.06. The zero-order valence-electron chi connectivity index (χ0n) is 8.32. The largest absolute Gasteiger partial charge is 0.464 e. The van der Waals surface area contributed by atoms with E-state index in [0.29, 0.717) is 6.20 Å². The standard InChI is InChI=1S/C8H5BrF2N2O4/c1-17-8(14)5-4(9)6(13(15)16)3(2-12-5)7(10)11/h2,7H,1H3. The Morgan fingerprint density at radius 3 is 2.65 bits per heavy atom. The lowest BCUT2D eigenvalue weighted by atomic mass is 10.2. The Morgan fingerprint density at radius 1 is 1.65 bits per heavy atom. The number of ether oxygens (including phenoxy) is 1. The zero-order chi connectivity index (χ0) is 13.2. The number of halogens is 3. The molecule has 1 aromatic heterocycles. The Labute approximate surface area is 102 Å². The van der Waals surface area contributed by atoms with Crippen molar-refractivity contribution in [3.8, 4) is 0 Å². The van der Waals surface area contributed by atoms with E-state index in [4.69, 9.17) is 0 Å². The Morgan fingerprint density at radius 2 is 2.24 bits per heavy atom. The number of aromatic nitrogens is 1. The smallest absolute Gasteiger partial charge is 0.358 e. The zero-order valence-corrected chi connectivity index (χ0v) is 9.90. The third-order valence-corrected chi connectivity index (χ3v) is 2.57. The van der Waals surface area contributed by atoms with Crippen LogP contribution in [0.4, 0.5) is 14.5 Å². The van der Waals surface area contributed by atoms with Crippen LogP contribution in [0.3, 0.4) is 0 Å². The number of carbonyl (C=O) groups excluding carboxylic acids is 1. The highest BCUT2D eigenvalue weighted by atomic mass is 79.9. The molecular weight excluding hydrogens is 306 g/mol. The summed E-state index contributed by atoms with van der Waals surface area (Å²) < 4.78 is 28.9. The van der Waals surface area contributed by atoms with Crippen molar-refractivity contribution in [1.29, 1.82) is 0 Å². The molecule has 1 rings (SSSR count). The van der Waals surface area contributed by atoms with E-state index in [9.17, 15) is 23.7 Å². The van der Waals surface area contributed by atoms with Gasteiger partial charge in [-0.05, 0) is 15.9 Å². The van der Waals surface area contributed by atoms with Crippen LogP contribution in [0.5, 0.6) is 0 Å². The van der Waals surface area contributed by atoms with Gasteiger partial charge in [0.1, 0.15) is 10.0 Å². The number of esters is 1. The SMILES string of the molecule is COC(=O)c1ncc(C(F)F)c([N+](=O)[O-])c1Br. The molecule has 0 unspecified atom stereocenters. The number of pyridine rings is 1. The maximum Gasteiger partial charge on any atom is 0.358 e. The molecule has 0 bridgehead atoms. The van der Waals surface area contributed by atoms with E-state index in [-0.39, 0.29) is 0 Å². The minimum Gasteiger partial charge on any atom is -0.464 e. The molecule has 0 spiro atoms. The second-order valence-corrected chi connectivity index (χ2v) is 3.57. The van der Waals surface area contributed by atoms with Crippen LogP contribution in [0, 0.1) is 10.1 Å². The van der Waals surface area contributed by atoms with Gasteiger partial charge in [0.25, 0.3) is 12.1 Å². The molecule has 0 aliphatic rings. The van der Waals surface area contributed by atoms with Crippen LogP contribution < -0.4 is 0 Å². The van der Waals surface area contributed by atoms with Gasteiger partial charge in [-0.2, -0.15) is 0 Å². The number of alkyl halides is 2. The Hall–Kier alpha value is -1.64. The Bertz CT molecular complexity index is 481. The van der Waals surface area contributed by atoms with Crippen LogP contribution in [0.2, 0.25) is 0 Å². The minimum absolute atomic E-state index is 0.424. The molecule has 0 aliphatic heterocycles. The fraction of sp³-hybridized carbons (Fsp3) is 0.250. The summed E-state index contributed by atoms with van der Waals surface area (Å²) in [4.78, 5) is 24.2. The summed E-state index contributed by atoms with van der Waals surface area (Å²) >= 11 is 2.70. The second kappa shape index (κ2) is 5.13. The fourth-order valence-electron chi connectivity index (χ4n) is 1.08. The summed E-state index contributed by atoms with van der Waals surface area (Å²) in [5.41, 5.74) is -2.19. The molecule has 0 radical (unpaired) electrons. The fourth-order valence-corrected chi connectivity index (χ4v) is 1.71. The lowest BCUT2D eigenvalue weighted by molar-refractivity contribution is -0.387. The second-order valence-electron chi connectivity index (χ2n) is 2.77. The van der Waals surface area contributed by atoms with Crippen molar-refractivity contribution in [2.24, 2.45) is 0 Å². The lowest BCUT2D eigenvalue weighted by Gasteiger charge is -2.06. The Balaban J connectivity index is 3.49. The molecule has 0 N–H and O–H groups in total. The van der Waals surface area contributed by atoms with Crippen molar-refractivity contribution in [3.63, 3.8) is 0 Å². The van der Waals surface area contributed by atoms with Gasteiger partial charge in [-0.15, -0.1) is 0 Å². The van der Waals surface area contributed by atoms with E-state index in [1.54, 1.807) is 0 Å². The molecule has 0 saturated carbocycles. The van der Waals surface area contributed by atoms with Gasteiger partial charge in [-0.3, -0.25) is 10.1 Å². The molecule has 0 fully saturated rings. The molecule has 9 heteroatoms. The third-order valence-electron chi connectivity index (χ3n) is 1.82. The van der Waals surface area contributed by atoms with Gasteiger partial charge in [-0.25, -0.2) is 18.6 Å². The van der Waals surface area contributed by atoms with Crippen molar-refractivity contribution >= 4 is 27.6 Å². The highest BCUT2D eigenvalue weighted by Crippen LogP contribution is 2.36. The number of methoxy groups -OCH3 is 1. The monoisotopic (exact) mass is 310 g/mol. The lowest BCUT2D eigenvalue weighted by Crippen LogP contribution is -2.09. The third kappa shape index (κ3) is 2.54. The van der Waals surface area contributed by atoms with Crippen molar-refractivity contribution in [2.75, 3.05) is 7.11 Å². The molecule has 0 saturated heterocycles. The molecular formula is C8H5BrF2N2O4. The molecule has 0 aromatic carbocycles. The van der Waals surface area contributed by atoms with Crippen molar-refractivity contribution in [3.05, 3.63) is 32.0 Å². The first-order chi connectivity index (χ1) is 7.90. The maximum atomic E-state index is 12.5. The first-order valence-corrected chi connectivity index (χ1v) is 4.88. The molecule has 0 atom stereocenters. The molecule has 1 aromatic rings. The predicted octanol–water partition coefficient (Wildman–Crippen LogP) is 2.48. The van der Waals surface area contributed by atoms with Crippen LogP contribution in [-0.2, 0) is 4.74 Å². The molecule has 17 heavy (non-hydrogen) atoms. The van der Waals surface area contributed by atoms with E-state index >= 15 is 0 Å². The summed E-state index contributed by atoms with van der Waals surface area (Å²) in [5.74, 6) is -0.958. The predicted molar refractivity (Wildman–Crippen MR) is 54.9 cm³/mol. The molecule has 6 nitrogen and oxygen atoms in total. The quantitative estimate of drug-likeness (QED) is 0.486. The van der Waals surface area contributed by atoms with Gasteiger partial charge in [0, 0.05) is 6.20 Å². The van der Waals surface area contributed by atoms with Crippen LogP contribution in [-0.4, -0.2) is 23.0 Å². The maximum absolute atomic E-state index is 12.5. The highest BCUT2D eigenvalue weighted by molar-refractivity contribution is 9.10. The number of carbonyl (C=O) groups is 1. The average molecular weight is 311 g/mol. The number of nitrogens with zero attached hydrogens (tertiary/aromatic N) is 2. The molecule has 0 aliphatic carbocycles. The van der Waals surface area contributed by atoms with Gasteiger partial charge in [-0.1, -0.05) is 0 Å². The number of rotatable bonds is 3. The van der Waals surface area contributed by atoms with E-state index in [2.05, 4.69) is 25.7 Å². The summed E-state index contributed by atoms with van der Waals surface area (Å²) in [6.07, 6.45) is -2.48. The van der Waals surface area contributed by atoms with Crippen molar-refractivity contribution in [2.45, 2.75) is 6.43 Å². The normalized spacial score (nSPS) is 10.4. The van der Waals surface area contributed by atoms with Crippen molar-refractivity contribution < 1.29 is 23.2 Å². The van der Waals surface area contributed by atoms with E-state index in [1.807, 2.05) is 0 Å². The van der Waals surface area contributed by atoms with Gasteiger partial charge in [0.05, 0.1) is 12.0 Å². The first kappa shape index (κ1) is 13.4. The summed E-state index contributed by atoms with van der Waals surface area (Å²) in [6, 6.07) is 0. The van der Waals surface area contributed by atoms with Gasteiger partial charge in [0.2, 0.25) is 0 Å². The van der Waals surface area contributed by atoms with Crippen molar-refractivity contribution in [1.82, 2.24) is 4.98 Å². The first-order valence-electron chi connectivity index (χ1n) is 4.09. The van der Waals surface area contributed by atoms with Gasteiger partial charge >= 0.3 is 5.97 Å². The van der Waals surface area contributed by atoms with E-state index in [1.165, 1.54) is 0 Å². The van der Waals surface area contributed by atoms with E-state index < -0.39 is 38.7 Å². The van der Waals surface area contributed by atoms with Crippen LogP contribution in [0.15, 0.2) is 10.7 Å². The van der Waals surface area contributed by atoms with Gasteiger partial charge < -0.3 is 4.74 Å². The number of nitro groups is 1. The number of hydrogen-bond acceptors (Lipinski definition) is 5. The van der Waals surface area contributed by atoms with Crippen LogP contribution >= 0.6 is 15.9 Å². The van der Waals surface area contributed by atoms with Crippen LogP contribution in [0.25, 0.3) is 0 Å². The topological polar surface area (TPSA) is 82.3 Å². The number of hydrogen-bond donors (Lipinski definition) is 0. The van der Waals surface area contributed by atoms with Gasteiger partial charge in [0.15, 0.2) is 5.69 Å². The average Bonchev–Trinajstić information content (AvgIpc) is 2.26. The Kier molecular flexibility index (Phi) is 4.05. The summed E-state index contributed by atoms with van der Waals surface area (Å²) in [7, 11) is 1.04. The van der Waals surface area contributed by atoms with Crippen LogP contribution in [0.1, 0.15) is 22.5 Å². The van der Waals surface area contributed by atoms with E-state index in [0.717, 1.165) is 7.11 Å².